The number of rotatable bonds is 55. The van der Waals surface area contributed by atoms with Crippen molar-refractivity contribution >= 4 is 133 Å². The SMILES string of the molecule is CCc1nc2ccc(C(=O)CCCOCCOCCOCCN(CCN(C)C(=O)C34Oc5ccc6c7c([nH]c6c5)S(=O)C[C@H](NC(=O)CNC(=O)[C@H]([C@@H](C)CC)NC(=O)CNC(=O)[C@H](CC(=O)[C@H]([C@@H](C)[C@@H](O)CO)NC3=O)C7)C(=O)C[C@@H](CC(N)=O)C(=O)N3C[C@H](O)C[C@H]34)C(=O)OCc3ccc(CC(=O)[C@H](CC(N)=O)NC(=O)[C@H](C)CC(=O)[C@H](C)NC(=O)CCOCCOCCOCCOCCOC)cc3)cc2nc1CC. The summed E-state index contributed by atoms with van der Waals surface area (Å²) in [5.74, 6) is -22.7. The zero-order chi connectivity index (χ0) is 107. The fourth-order valence-electron chi connectivity index (χ4n) is 17.3. The van der Waals surface area contributed by atoms with Crippen molar-refractivity contribution < 1.29 is 148 Å². The van der Waals surface area contributed by atoms with Gasteiger partial charge in [0.25, 0.3) is 17.4 Å². The number of aliphatic hydroxyl groups is 3. The van der Waals surface area contributed by atoms with Crippen LogP contribution in [0.25, 0.3) is 21.9 Å². The van der Waals surface area contributed by atoms with Gasteiger partial charge in [-0.1, -0.05) is 72.2 Å². The lowest BCUT2D eigenvalue weighted by Crippen LogP contribution is -2.72. The number of fused-ring (bicyclic) bond motifs is 9. The van der Waals surface area contributed by atoms with Gasteiger partial charge in [-0.25, -0.2) is 14.8 Å². The molecule has 8 bridgehead atoms. The number of aryl methyl sites for hydroxylation is 2. The van der Waals surface area contributed by atoms with Crippen LogP contribution in [-0.4, -0.2) is 368 Å². The minimum absolute atomic E-state index is 0.00690. The summed E-state index contributed by atoms with van der Waals surface area (Å²) in [5, 5.41) is 52.0. The number of hydrogen-bond donors (Lipinski definition) is 13. The first kappa shape index (κ1) is 118. The molecule has 10 rings (SSSR count). The Bertz CT molecular complexity index is 5440. The summed E-state index contributed by atoms with van der Waals surface area (Å²) < 4.78 is 72.6. The molecule has 2 aromatic heterocycles. The number of carbonyl (C=O) groups excluding carboxylic acids is 17. The van der Waals surface area contributed by atoms with Gasteiger partial charge >= 0.3 is 6.09 Å². The van der Waals surface area contributed by atoms with Gasteiger partial charge in [0.2, 0.25) is 53.2 Å². The molecule has 5 aliphatic heterocycles. The van der Waals surface area contributed by atoms with Crippen LogP contribution in [0.15, 0.2) is 65.7 Å². The number of hydrogen-bond acceptors (Lipinski definition) is 33. The van der Waals surface area contributed by atoms with Crippen LogP contribution < -0.4 is 53.4 Å². The molecule has 5 aliphatic rings. The van der Waals surface area contributed by atoms with E-state index in [1.165, 1.54) is 70.3 Å². The number of carbonyl (C=O) groups is 17. The van der Waals surface area contributed by atoms with Crippen LogP contribution in [0.4, 0.5) is 4.79 Å². The molecule has 1 fully saturated rings. The van der Waals surface area contributed by atoms with Gasteiger partial charge in [0.15, 0.2) is 28.9 Å². The lowest BCUT2D eigenvalue weighted by Gasteiger charge is -2.43. The lowest BCUT2D eigenvalue weighted by molar-refractivity contribution is -0.167. The molecule has 15 atom stereocenters. The maximum atomic E-state index is 16.8. The van der Waals surface area contributed by atoms with E-state index in [4.69, 9.17) is 68.8 Å². The summed E-state index contributed by atoms with van der Waals surface area (Å²) in [6, 6.07) is 5.42. The Labute approximate surface area is 853 Å². The number of methoxy groups -OCH3 is 1. The van der Waals surface area contributed by atoms with Crippen molar-refractivity contribution in [1.82, 2.24) is 66.9 Å². The molecule has 0 saturated carbocycles. The maximum absolute atomic E-state index is 16.8. The average molecular weight is 2080 g/mol. The topological polar surface area (TPSA) is 648 Å². The average Bonchev–Trinajstić information content (AvgIpc) is 1.66. The van der Waals surface area contributed by atoms with Crippen molar-refractivity contribution in [3.8, 4) is 5.75 Å². The van der Waals surface area contributed by atoms with E-state index in [9.17, 15) is 68.1 Å². The van der Waals surface area contributed by atoms with E-state index in [2.05, 4.69) is 42.2 Å². The highest BCUT2D eigenvalue weighted by Crippen LogP contribution is 2.40. The number of Topliss-reactive ketones (excluding diaryl/α,β-unsaturated/α-hetero) is 5. The number of nitrogens with one attached hydrogen (secondary N) is 8. The van der Waals surface area contributed by atoms with Gasteiger partial charge in [-0.2, -0.15) is 0 Å². The van der Waals surface area contributed by atoms with Gasteiger partial charge in [-0.15, -0.1) is 0 Å². The van der Waals surface area contributed by atoms with Crippen LogP contribution in [0, 0.1) is 29.6 Å². The first-order valence-corrected chi connectivity index (χ1v) is 51.0. The van der Waals surface area contributed by atoms with Crippen molar-refractivity contribution in [2.24, 2.45) is 41.1 Å². The van der Waals surface area contributed by atoms with E-state index in [1.54, 1.807) is 39.2 Å². The molecule has 46 nitrogen and oxygen atoms in total. The van der Waals surface area contributed by atoms with Crippen LogP contribution >= 0.6 is 0 Å². The molecule has 15 N–H and O–H groups in total. The fourth-order valence-corrected chi connectivity index (χ4v) is 18.7. The Morgan fingerprint density at radius 2 is 1.27 bits per heavy atom. The molecular formula is C100H141N15O31S. The zero-order valence-electron chi connectivity index (χ0n) is 84.7. The summed E-state index contributed by atoms with van der Waals surface area (Å²) in [6.45, 7) is 9.20. The number of likely N-dealkylation sites (N-methyl/N-ethyl adjacent to an activating group) is 1. The third-order valence-corrected chi connectivity index (χ3v) is 27.4. The Kier molecular flexibility index (Phi) is 47.6. The Hall–Kier alpha value is -12.2. The number of aromatic amines is 1. The van der Waals surface area contributed by atoms with Crippen LogP contribution in [0.2, 0.25) is 0 Å². The molecule has 0 radical (unpaired) electrons. The summed E-state index contributed by atoms with van der Waals surface area (Å²) in [7, 11) is 0.227. The fraction of sp³-hybridized carbons (Fsp3) is 0.610. The Morgan fingerprint density at radius 3 is 1.89 bits per heavy atom. The second-order valence-corrected chi connectivity index (χ2v) is 38.4. The van der Waals surface area contributed by atoms with Crippen molar-refractivity contribution in [3.63, 3.8) is 0 Å². The number of ether oxygens (including phenoxy) is 10. The highest BCUT2D eigenvalue weighted by Gasteiger charge is 2.63. The number of aromatic nitrogens is 3. The third-order valence-electron chi connectivity index (χ3n) is 26.0. The largest absolute Gasteiger partial charge is 0.465 e. The molecule has 808 valence electrons. The van der Waals surface area contributed by atoms with Crippen molar-refractivity contribution in [2.45, 2.75) is 204 Å². The molecule has 0 aliphatic carbocycles. The predicted octanol–water partition coefficient (Wildman–Crippen LogP) is -0.761. The highest BCUT2D eigenvalue weighted by molar-refractivity contribution is 7.85. The normalized spacial score (nSPS) is 20.9. The van der Waals surface area contributed by atoms with Crippen LogP contribution in [0.1, 0.15) is 151 Å². The lowest BCUT2D eigenvalue weighted by atomic mass is 9.83. The minimum Gasteiger partial charge on any atom is -0.465 e. The van der Waals surface area contributed by atoms with Gasteiger partial charge in [0, 0.05) is 133 Å². The summed E-state index contributed by atoms with van der Waals surface area (Å²) >= 11 is 0. The number of amides is 12. The highest BCUT2D eigenvalue weighted by atomic mass is 32.2. The zero-order valence-corrected chi connectivity index (χ0v) is 85.5. The van der Waals surface area contributed by atoms with Gasteiger partial charge in [-0.3, -0.25) is 80.9 Å². The van der Waals surface area contributed by atoms with E-state index >= 15 is 33.0 Å². The summed E-state index contributed by atoms with van der Waals surface area (Å²) in [6.07, 6.45) is -7.93. The van der Waals surface area contributed by atoms with E-state index in [0.29, 0.717) is 86.6 Å². The van der Waals surface area contributed by atoms with Gasteiger partial charge in [-0.05, 0) is 85.5 Å². The molecule has 7 heterocycles. The van der Waals surface area contributed by atoms with Gasteiger partial charge in [0.1, 0.15) is 23.4 Å². The molecule has 47 heteroatoms. The van der Waals surface area contributed by atoms with Gasteiger partial charge in [0.05, 0.1) is 211 Å². The predicted molar refractivity (Wildman–Crippen MR) is 527 cm³/mol. The van der Waals surface area contributed by atoms with E-state index < -0.39 is 285 Å². The number of benzene rings is 3. The molecule has 12 amide bonds. The number of primary amides is 2. The second-order valence-electron chi connectivity index (χ2n) is 36.9. The third kappa shape index (κ3) is 35.0. The molecule has 1 saturated heterocycles. The molecule has 5 aromatic rings. The first-order valence-electron chi connectivity index (χ1n) is 49.6. The van der Waals surface area contributed by atoms with E-state index in [0.717, 1.165) is 32.5 Å². The standard InChI is InChI=1S/C100H141N15O31S/c1-10-58(4)90-94(131)104-52-88(127)108-77-57-147(136)95-70-44-65(93(130)103-53-89(128)111-90)46-82(122)91(60(6)83(123)55-116)112-97(133)100(146-68-20-21-69(70)74(50-68)110-95,84-49-67(117)54-115(84)96(132)66(47-81(77)121)48-85(101)124)98(134)113(8)24-25-114(26-29-140-34-37-142-35-32-138-27-13-14-78(118)64-19-22-73-75(45-64)107-72(12-3)71(11-2)106-73)99(135)145-56-63-17-15-62(16-18-63)43-80(120)76(51-86(102)125)109-92(129)59(5)42-79(119)61(7)105-87(126)23-28-139-33-36-143-40-41-144-39-38-141-31-30-137-9/h15-22,45,50,58-61,65-67,76-77,83-84,90-91,110,116-117,123H,10-14,23-44,46-49,51-57H2,1-9H3,(H2,101,124)(H2,102,125)(H,103,130)(H,104,131)(H,105,126)(H,108,127)(H,109,129)(H,111,128)(H,112,133)/t58-,59+,60-,61-,65-,66-,67+,76-,77-,83-,84-,90-,91-,100?,147?/m0/s1. The monoisotopic (exact) mass is 2080 g/mol. The molecular weight excluding hydrogens is 1940 g/mol. The van der Waals surface area contributed by atoms with Crippen molar-refractivity contribution in [2.75, 3.05) is 165 Å². The Morgan fingerprint density at radius 1 is 0.653 bits per heavy atom. The summed E-state index contributed by atoms with van der Waals surface area (Å²) in [5.41, 5.74) is 12.5. The molecule has 2 unspecified atom stereocenters. The number of H-pyrrole nitrogens is 1. The maximum Gasteiger partial charge on any atom is 0.410 e. The second kappa shape index (κ2) is 59.1. The molecule has 3 aromatic carbocycles. The smallest absolute Gasteiger partial charge is 0.410 e. The number of nitrogens with zero attached hydrogens (tertiary/aromatic N) is 5. The minimum atomic E-state index is -3.35. The first-order chi connectivity index (χ1) is 70.3. The van der Waals surface area contributed by atoms with Crippen LogP contribution in [0.5, 0.6) is 5.75 Å². The number of ketones is 5. The van der Waals surface area contributed by atoms with E-state index in [1.807, 2.05) is 13.8 Å². The van der Waals surface area contributed by atoms with Gasteiger partial charge < -0.3 is 131 Å². The Balaban J connectivity index is 0.962. The van der Waals surface area contributed by atoms with Crippen molar-refractivity contribution in [3.05, 3.63) is 94.3 Å². The van der Waals surface area contributed by atoms with Crippen LogP contribution in [0.3, 0.4) is 0 Å². The molecule has 0 spiro atoms. The quantitative estimate of drug-likeness (QED) is 0.0129. The molecule has 147 heavy (non-hydrogen) atoms. The number of aliphatic hydroxyl groups excluding tert-OH is 3. The number of nitrogens with two attached hydrogens (primary N) is 2. The van der Waals surface area contributed by atoms with Crippen molar-refractivity contribution in [1.29, 1.82) is 0 Å². The summed E-state index contributed by atoms with van der Waals surface area (Å²) in [4.78, 5) is 261. The van der Waals surface area contributed by atoms with Crippen LogP contribution in [-0.2, 0) is 158 Å². The van der Waals surface area contributed by atoms with E-state index in [-0.39, 0.29) is 119 Å².